The van der Waals surface area contributed by atoms with Crippen molar-refractivity contribution in [2.24, 2.45) is 23.5 Å². The molecule has 2 fully saturated rings. The average Bonchev–Trinajstić information content (AvgIpc) is 2.68. The summed E-state index contributed by atoms with van der Waals surface area (Å²) in [6.07, 6.45) is 2.57. The van der Waals surface area contributed by atoms with Gasteiger partial charge in [-0.3, -0.25) is 14.5 Å². The topological polar surface area (TPSA) is 63.4 Å². The van der Waals surface area contributed by atoms with Gasteiger partial charge in [-0.15, -0.1) is 0 Å². The van der Waals surface area contributed by atoms with Crippen molar-refractivity contribution in [3.8, 4) is 0 Å². The Morgan fingerprint density at radius 1 is 1.33 bits per heavy atom. The summed E-state index contributed by atoms with van der Waals surface area (Å²) < 4.78 is 0. The lowest BCUT2D eigenvalue weighted by Gasteiger charge is -2.31. The zero-order valence-corrected chi connectivity index (χ0v) is 9.11. The van der Waals surface area contributed by atoms with E-state index in [4.69, 9.17) is 5.73 Å². The molecule has 1 saturated heterocycles. The van der Waals surface area contributed by atoms with Crippen LogP contribution in [0.3, 0.4) is 0 Å². The molecule has 2 N–H and O–H groups in total. The molecule has 2 aliphatic rings. The Kier molecular flexibility index (Phi) is 2.78. The molecule has 0 aromatic heterocycles. The molecule has 1 aliphatic carbocycles. The second-order valence-corrected chi connectivity index (χ2v) is 4.83. The molecule has 4 nitrogen and oxygen atoms in total. The van der Waals surface area contributed by atoms with Crippen molar-refractivity contribution >= 4 is 11.8 Å². The first kappa shape index (κ1) is 10.6. The van der Waals surface area contributed by atoms with E-state index in [-0.39, 0.29) is 29.6 Å². The molecule has 0 spiro atoms. The predicted octanol–water partition coefficient (Wildman–Crippen LogP) is 0.366. The molecule has 84 valence electrons. The van der Waals surface area contributed by atoms with Gasteiger partial charge in [0, 0.05) is 18.4 Å². The van der Waals surface area contributed by atoms with E-state index in [1.165, 1.54) is 4.90 Å². The third-order valence-electron chi connectivity index (χ3n) is 3.56. The summed E-state index contributed by atoms with van der Waals surface area (Å²) in [6, 6.07) is 0. The molecule has 0 aromatic carbocycles. The first-order valence-corrected chi connectivity index (χ1v) is 5.68. The number of hydrogen-bond donors (Lipinski definition) is 1. The summed E-state index contributed by atoms with van der Waals surface area (Å²) in [6.45, 7) is 2.99. The minimum absolute atomic E-state index is 0.0362. The van der Waals surface area contributed by atoms with E-state index in [0.717, 1.165) is 19.3 Å². The summed E-state index contributed by atoms with van der Waals surface area (Å²) in [5.41, 5.74) is 5.52. The van der Waals surface area contributed by atoms with Crippen LogP contribution in [0.1, 0.15) is 26.2 Å². The van der Waals surface area contributed by atoms with Gasteiger partial charge < -0.3 is 5.73 Å². The van der Waals surface area contributed by atoms with E-state index >= 15 is 0 Å². The third kappa shape index (κ3) is 1.78. The fourth-order valence-electron chi connectivity index (χ4n) is 2.55. The Balaban J connectivity index is 2.10. The molecule has 3 unspecified atom stereocenters. The summed E-state index contributed by atoms with van der Waals surface area (Å²) in [7, 11) is 0. The first-order chi connectivity index (χ1) is 7.13. The number of fused-ring (bicyclic) bond motifs is 2. The Morgan fingerprint density at radius 2 is 1.87 bits per heavy atom. The number of likely N-dealkylation sites (tertiary alicyclic amines) is 1. The van der Waals surface area contributed by atoms with Crippen LogP contribution in [0, 0.1) is 17.8 Å². The smallest absolute Gasteiger partial charge is 0.232 e. The number of piperidine rings is 1. The average molecular weight is 210 g/mol. The van der Waals surface area contributed by atoms with E-state index < -0.39 is 0 Å². The molecule has 2 bridgehead atoms. The SMILES string of the molecule is CC(CN)CN1C(=O)C2CCC(C2)C1=O. The van der Waals surface area contributed by atoms with Gasteiger partial charge in [-0.1, -0.05) is 6.92 Å². The van der Waals surface area contributed by atoms with E-state index in [1.54, 1.807) is 0 Å². The lowest BCUT2D eigenvalue weighted by atomic mass is 9.96. The van der Waals surface area contributed by atoms with Gasteiger partial charge in [0.1, 0.15) is 0 Å². The number of rotatable bonds is 3. The molecule has 2 rings (SSSR count). The molecule has 2 amide bonds. The van der Waals surface area contributed by atoms with Crippen LogP contribution in [0.4, 0.5) is 0 Å². The number of nitrogens with two attached hydrogens (primary N) is 1. The quantitative estimate of drug-likeness (QED) is 0.684. The Labute approximate surface area is 89.8 Å². The molecule has 1 saturated carbocycles. The van der Waals surface area contributed by atoms with E-state index in [2.05, 4.69) is 0 Å². The number of imide groups is 1. The van der Waals surface area contributed by atoms with Gasteiger partial charge in [0.15, 0.2) is 0 Å². The van der Waals surface area contributed by atoms with Gasteiger partial charge in [0.2, 0.25) is 11.8 Å². The summed E-state index contributed by atoms with van der Waals surface area (Å²) in [5, 5.41) is 0. The van der Waals surface area contributed by atoms with E-state index in [0.29, 0.717) is 13.1 Å². The highest BCUT2D eigenvalue weighted by Crippen LogP contribution is 2.38. The number of carbonyl (C=O) groups excluding carboxylic acids is 2. The van der Waals surface area contributed by atoms with Crippen LogP contribution in [0.5, 0.6) is 0 Å². The Hall–Kier alpha value is -0.900. The van der Waals surface area contributed by atoms with Crippen molar-refractivity contribution in [3.63, 3.8) is 0 Å². The monoisotopic (exact) mass is 210 g/mol. The fraction of sp³-hybridized carbons (Fsp3) is 0.818. The molecular weight excluding hydrogens is 192 g/mol. The van der Waals surface area contributed by atoms with Crippen molar-refractivity contribution in [2.45, 2.75) is 26.2 Å². The number of nitrogens with zero attached hydrogens (tertiary/aromatic N) is 1. The van der Waals surface area contributed by atoms with Crippen LogP contribution >= 0.6 is 0 Å². The van der Waals surface area contributed by atoms with Crippen LogP contribution < -0.4 is 5.73 Å². The fourth-order valence-corrected chi connectivity index (χ4v) is 2.55. The van der Waals surface area contributed by atoms with Crippen molar-refractivity contribution in [2.75, 3.05) is 13.1 Å². The van der Waals surface area contributed by atoms with Crippen LogP contribution in [0.2, 0.25) is 0 Å². The van der Waals surface area contributed by atoms with Crippen LogP contribution in [0.25, 0.3) is 0 Å². The predicted molar refractivity (Wildman–Crippen MR) is 55.8 cm³/mol. The number of hydrogen-bond acceptors (Lipinski definition) is 3. The summed E-state index contributed by atoms with van der Waals surface area (Å²) in [4.78, 5) is 25.3. The van der Waals surface area contributed by atoms with Gasteiger partial charge in [-0.05, 0) is 31.7 Å². The van der Waals surface area contributed by atoms with Crippen LogP contribution in [-0.4, -0.2) is 29.8 Å². The standard InChI is InChI=1S/C11H18N2O2/c1-7(5-12)6-13-10(14)8-2-3-9(4-8)11(13)15/h7-9H,2-6,12H2,1H3. The Bertz CT molecular complexity index is 268. The van der Waals surface area contributed by atoms with Crippen LogP contribution in [-0.2, 0) is 9.59 Å². The summed E-state index contributed by atoms with van der Waals surface area (Å²) in [5.74, 6) is 0.494. The van der Waals surface area contributed by atoms with Crippen molar-refractivity contribution in [1.82, 2.24) is 4.90 Å². The minimum Gasteiger partial charge on any atom is -0.330 e. The highest BCUT2D eigenvalue weighted by Gasteiger charge is 2.45. The molecular formula is C11H18N2O2. The Morgan fingerprint density at radius 3 is 2.33 bits per heavy atom. The number of amides is 2. The molecule has 3 atom stereocenters. The maximum atomic E-state index is 11.9. The second-order valence-electron chi connectivity index (χ2n) is 4.83. The molecule has 4 heteroatoms. The first-order valence-electron chi connectivity index (χ1n) is 5.68. The highest BCUT2D eigenvalue weighted by atomic mass is 16.2. The third-order valence-corrected chi connectivity index (χ3v) is 3.56. The van der Waals surface area contributed by atoms with E-state index in [9.17, 15) is 9.59 Å². The zero-order valence-electron chi connectivity index (χ0n) is 9.11. The molecule has 1 heterocycles. The van der Waals surface area contributed by atoms with Gasteiger partial charge in [-0.2, -0.15) is 0 Å². The van der Waals surface area contributed by atoms with Gasteiger partial charge in [0.05, 0.1) is 0 Å². The maximum absolute atomic E-state index is 11.9. The highest BCUT2D eigenvalue weighted by molar-refractivity contribution is 6.00. The normalized spacial score (nSPS) is 32.3. The lowest BCUT2D eigenvalue weighted by Crippen LogP contribution is -2.48. The van der Waals surface area contributed by atoms with Crippen LogP contribution in [0.15, 0.2) is 0 Å². The van der Waals surface area contributed by atoms with Crippen molar-refractivity contribution in [1.29, 1.82) is 0 Å². The molecule has 15 heavy (non-hydrogen) atoms. The lowest BCUT2D eigenvalue weighted by molar-refractivity contribution is -0.153. The van der Waals surface area contributed by atoms with Gasteiger partial charge in [0.25, 0.3) is 0 Å². The molecule has 1 aliphatic heterocycles. The van der Waals surface area contributed by atoms with Crippen molar-refractivity contribution in [3.05, 3.63) is 0 Å². The maximum Gasteiger partial charge on any atom is 0.232 e. The summed E-state index contributed by atoms with van der Waals surface area (Å²) >= 11 is 0. The second kappa shape index (κ2) is 3.93. The van der Waals surface area contributed by atoms with E-state index in [1.807, 2.05) is 6.92 Å². The zero-order chi connectivity index (χ0) is 11.0. The molecule has 0 radical (unpaired) electrons. The van der Waals surface area contributed by atoms with Gasteiger partial charge in [-0.25, -0.2) is 0 Å². The largest absolute Gasteiger partial charge is 0.330 e. The molecule has 0 aromatic rings. The van der Waals surface area contributed by atoms with Crippen molar-refractivity contribution < 1.29 is 9.59 Å². The van der Waals surface area contributed by atoms with Gasteiger partial charge >= 0.3 is 0 Å². The minimum atomic E-state index is 0.0362. The number of carbonyl (C=O) groups is 2.